The van der Waals surface area contributed by atoms with Crippen LogP contribution in [0.5, 0.6) is 0 Å². The lowest BCUT2D eigenvalue weighted by molar-refractivity contribution is 0.145. The first-order valence-corrected chi connectivity index (χ1v) is 10.4. The maximum Gasteiger partial charge on any atom is 0.414 e. The van der Waals surface area contributed by atoms with Crippen LogP contribution in [0.3, 0.4) is 0 Å². The molecule has 2 aromatic rings. The zero-order valence-electron chi connectivity index (χ0n) is 16.7. The highest BCUT2D eigenvalue weighted by atomic mass is 32.1. The number of thiocarbonyl (C=S) groups is 1. The van der Waals surface area contributed by atoms with E-state index >= 15 is 0 Å². The Labute approximate surface area is 184 Å². The number of amides is 1. The third-order valence-corrected chi connectivity index (χ3v) is 5.89. The SMILES string of the molecule is [N-]=[N+]=NC[C@H]1CN(c2ccc(N3CCN(C(=S)c4ccccc4)CC3)c(F)c2)C(=O)O1. The number of carbonyl (C=O) groups is 1. The lowest BCUT2D eigenvalue weighted by Crippen LogP contribution is -2.48. The smallest absolute Gasteiger partial charge is 0.414 e. The van der Waals surface area contributed by atoms with Crippen LogP contribution in [0, 0.1) is 5.82 Å². The Bertz CT molecular complexity index is 1020. The minimum absolute atomic E-state index is 0.0500. The highest BCUT2D eigenvalue weighted by Gasteiger charge is 2.32. The van der Waals surface area contributed by atoms with Crippen molar-refractivity contribution in [3.05, 3.63) is 70.4 Å². The summed E-state index contributed by atoms with van der Waals surface area (Å²) in [5.74, 6) is -0.400. The van der Waals surface area contributed by atoms with Crippen LogP contribution < -0.4 is 9.80 Å². The molecule has 0 bridgehead atoms. The van der Waals surface area contributed by atoms with Crippen molar-refractivity contribution in [3.63, 3.8) is 0 Å². The van der Waals surface area contributed by atoms with Crippen LogP contribution >= 0.6 is 12.2 Å². The van der Waals surface area contributed by atoms with Crippen molar-refractivity contribution >= 4 is 34.7 Å². The molecular formula is C21H21FN6O2S. The fourth-order valence-electron chi connectivity index (χ4n) is 3.79. The molecule has 2 saturated heterocycles. The summed E-state index contributed by atoms with van der Waals surface area (Å²) in [7, 11) is 0. The van der Waals surface area contributed by atoms with E-state index in [-0.39, 0.29) is 13.1 Å². The molecule has 31 heavy (non-hydrogen) atoms. The summed E-state index contributed by atoms with van der Waals surface area (Å²) in [4.78, 5) is 21.0. The first-order chi connectivity index (χ1) is 15.1. The number of azide groups is 1. The van der Waals surface area contributed by atoms with E-state index in [9.17, 15) is 9.18 Å². The van der Waals surface area contributed by atoms with Crippen LogP contribution in [0.2, 0.25) is 0 Å². The Hall–Kier alpha value is -3.36. The van der Waals surface area contributed by atoms with Gasteiger partial charge in [0.05, 0.1) is 24.5 Å². The second kappa shape index (κ2) is 9.20. The van der Waals surface area contributed by atoms with Gasteiger partial charge in [-0.1, -0.05) is 47.7 Å². The van der Waals surface area contributed by atoms with Crippen molar-refractivity contribution in [2.24, 2.45) is 5.11 Å². The van der Waals surface area contributed by atoms with Crippen molar-refractivity contribution in [3.8, 4) is 0 Å². The minimum atomic E-state index is -0.576. The number of benzene rings is 2. The Kier molecular flexibility index (Phi) is 6.20. The summed E-state index contributed by atoms with van der Waals surface area (Å²) in [5, 5.41) is 3.43. The summed E-state index contributed by atoms with van der Waals surface area (Å²) in [6.45, 7) is 2.95. The van der Waals surface area contributed by atoms with Crippen LogP contribution in [0.4, 0.5) is 20.6 Å². The third-order valence-electron chi connectivity index (χ3n) is 5.39. The van der Waals surface area contributed by atoms with E-state index in [1.807, 2.05) is 35.2 Å². The number of carbonyl (C=O) groups excluding carboxylic acids is 1. The van der Waals surface area contributed by atoms with Gasteiger partial charge in [-0.25, -0.2) is 9.18 Å². The average molecular weight is 441 g/mol. The lowest BCUT2D eigenvalue weighted by atomic mass is 10.1. The summed E-state index contributed by atoms with van der Waals surface area (Å²) in [6.07, 6.45) is -1.11. The molecule has 0 spiro atoms. The highest BCUT2D eigenvalue weighted by molar-refractivity contribution is 7.80. The van der Waals surface area contributed by atoms with Gasteiger partial charge < -0.3 is 14.5 Å². The molecule has 1 amide bonds. The zero-order valence-corrected chi connectivity index (χ0v) is 17.5. The molecule has 0 N–H and O–H groups in total. The molecule has 0 aromatic heterocycles. The molecule has 0 saturated carbocycles. The first kappa shape index (κ1) is 20.9. The number of halogens is 1. The molecule has 2 aromatic carbocycles. The van der Waals surface area contributed by atoms with E-state index in [1.165, 1.54) is 11.0 Å². The number of piperazine rings is 1. The van der Waals surface area contributed by atoms with Crippen LogP contribution in [0.15, 0.2) is 53.6 Å². The van der Waals surface area contributed by atoms with Gasteiger partial charge >= 0.3 is 6.09 Å². The predicted octanol–water partition coefficient (Wildman–Crippen LogP) is 3.96. The Morgan fingerprint density at radius 3 is 2.61 bits per heavy atom. The Morgan fingerprint density at radius 1 is 1.19 bits per heavy atom. The molecule has 4 rings (SSSR count). The number of anilines is 2. The molecule has 2 aliphatic rings. The van der Waals surface area contributed by atoms with E-state index in [0.717, 1.165) is 10.6 Å². The van der Waals surface area contributed by atoms with Crippen LogP contribution in [0.25, 0.3) is 10.4 Å². The monoisotopic (exact) mass is 440 g/mol. The summed E-state index contributed by atoms with van der Waals surface area (Å²) in [6, 6.07) is 14.6. The van der Waals surface area contributed by atoms with Gasteiger partial charge in [0.1, 0.15) is 16.9 Å². The van der Waals surface area contributed by atoms with Crippen LogP contribution in [0.1, 0.15) is 5.56 Å². The van der Waals surface area contributed by atoms with E-state index < -0.39 is 18.0 Å². The number of hydrogen-bond donors (Lipinski definition) is 0. The van der Waals surface area contributed by atoms with Gasteiger partial charge in [0.15, 0.2) is 0 Å². The van der Waals surface area contributed by atoms with Crippen molar-refractivity contribution in [2.75, 3.05) is 49.1 Å². The van der Waals surface area contributed by atoms with Crippen molar-refractivity contribution in [2.45, 2.75) is 6.10 Å². The Morgan fingerprint density at radius 2 is 1.94 bits per heavy atom. The molecule has 2 fully saturated rings. The molecule has 2 aliphatic heterocycles. The highest BCUT2D eigenvalue weighted by Crippen LogP contribution is 2.29. The number of ether oxygens (including phenoxy) is 1. The minimum Gasteiger partial charge on any atom is -0.444 e. The molecular weight excluding hydrogens is 419 g/mol. The topological polar surface area (TPSA) is 84.8 Å². The Balaban J connectivity index is 1.40. The molecule has 0 radical (unpaired) electrons. The lowest BCUT2D eigenvalue weighted by Gasteiger charge is -2.37. The molecule has 2 heterocycles. The van der Waals surface area contributed by atoms with E-state index in [0.29, 0.717) is 37.6 Å². The number of cyclic esters (lactones) is 1. The largest absolute Gasteiger partial charge is 0.444 e. The van der Waals surface area contributed by atoms with Gasteiger partial charge in [-0.15, -0.1) is 0 Å². The molecule has 160 valence electrons. The average Bonchev–Trinajstić information content (AvgIpc) is 3.18. The predicted molar refractivity (Wildman–Crippen MR) is 120 cm³/mol. The van der Waals surface area contributed by atoms with E-state index in [2.05, 4.69) is 14.9 Å². The van der Waals surface area contributed by atoms with Crippen molar-refractivity contribution in [1.82, 2.24) is 4.90 Å². The first-order valence-electron chi connectivity index (χ1n) is 9.94. The van der Waals surface area contributed by atoms with Gasteiger partial charge in [0.25, 0.3) is 0 Å². The maximum absolute atomic E-state index is 14.9. The number of nitrogens with zero attached hydrogens (tertiary/aromatic N) is 6. The maximum atomic E-state index is 14.9. The summed E-state index contributed by atoms with van der Waals surface area (Å²) >= 11 is 5.60. The van der Waals surface area contributed by atoms with Crippen molar-refractivity contribution in [1.29, 1.82) is 0 Å². The third kappa shape index (κ3) is 4.55. The fraction of sp³-hybridized carbons (Fsp3) is 0.333. The molecule has 0 unspecified atom stereocenters. The van der Waals surface area contributed by atoms with Gasteiger partial charge in [-0.05, 0) is 23.7 Å². The molecule has 1 atom stereocenters. The van der Waals surface area contributed by atoms with Gasteiger partial charge in [0.2, 0.25) is 0 Å². The number of hydrogen-bond acceptors (Lipinski definition) is 5. The summed E-state index contributed by atoms with van der Waals surface area (Å²) < 4.78 is 20.1. The van der Waals surface area contributed by atoms with E-state index in [4.69, 9.17) is 22.5 Å². The zero-order chi connectivity index (χ0) is 21.8. The van der Waals surface area contributed by atoms with Crippen LogP contribution in [-0.4, -0.2) is 61.4 Å². The van der Waals surface area contributed by atoms with Crippen LogP contribution in [-0.2, 0) is 4.74 Å². The fourth-order valence-corrected chi connectivity index (χ4v) is 4.11. The normalized spacial score (nSPS) is 18.5. The molecule has 10 heteroatoms. The molecule has 0 aliphatic carbocycles. The molecule has 8 nitrogen and oxygen atoms in total. The second-order valence-corrected chi connectivity index (χ2v) is 7.70. The standard InChI is InChI=1S/C21H21FN6O2S/c22-18-12-16(28-14-17(13-24-25-23)30-21(28)29)6-7-19(18)26-8-10-27(11-9-26)20(31)15-4-2-1-3-5-15/h1-7,12,17H,8-11,13-14H2/t17-/m0/s1. The van der Waals surface area contributed by atoms with Gasteiger partial charge in [-0.3, -0.25) is 4.90 Å². The van der Waals surface area contributed by atoms with Gasteiger partial charge in [0, 0.05) is 36.7 Å². The summed E-state index contributed by atoms with van der Waals surface area (Å²) in [5.41, 5.74) is 10.3. The quantitative estimate of drug-likeness (QED) is 0.304. The van der Waals surface area contributed by atoms with Gasteiger partial charge in [-0.2, -0.15) is 0 Å². The number of rotatable bonds is 5. The van der Waals surface area contributed by atoms with E-state index in [1.54, 1.807) is 12.1 Å². The van der Waals surface area contributed by atoms with Crippen molar-refractivity contribution < 1.29 is 13.9 Å². The second-order valence-electron chi connectivity index (χ2n) is 7.31.